The third kappa shape index (κ3) is 5.48. The maximum Gasteiger partial charge on any atom is 0.573 e. The molecule has 0 heterocycles. The SMILES string of the molecule is O=S(=O)(N[C@H]1CCCCC[C@@H]1c1ccccc1)c1ccc(OC(F)(F)F)cc1. The Hall–Kier alpha value is -2.06. The van der Waals surface area contributed by atoms with Crippen LogP contribution < -0.4 is 9.46 Å². The van der Waals surface area contributed by atoms with Gasteiger partial charge < -0.3 is 4.74 Å². The van der Waals surface area contributed by atoms with Crippen LogP contribution in [0.1, 0.15) is 43.6 Å². The van der Waals surface area contributed by atoms with Gasteiger partial charge in [-0.2, -0.15) is 0 Å². The van der Waals surface area contributed by atoms with E-state index < -0.39 is 22.1 Å². The van der Waals surface area contributed by atoms with Crippen LogP contribution in [0.15, 0.2) is 59.5 Å². The molecule has 1 saturated carbocycles. The molecule has 1 fully saturated rings. The number of nitrogens with one attached hydrogen (secondary N) is 1. The zero-order valence-electron chi connectivity index (χ0n) is 15.2. The zero-order valence-corrected chi connectivity index (χ0v) is 16.0. The molecule has 4 nitrogen and oxygen atoms in total. The van der Waals surface area contributed by atoms with Crippen molar-refractivity contribution in [2.75, 3.05) is 0 Å². The molecule has 0 saturated heterocycles. The molecule has 0 amide bonds. The van der Waals surface area contributed by atoms with Gasteiger partial charge in [-0.3, -0.25) is 0 Å². The van der Waals surface area contributed by atoms with E-state index >= 15 is 0 Å². The molecule has 0 radical (unpaired) electrons. The first-order valence-corrected chi connectivity index (χ1v) is 10.7. The molecule has 8 heteroatoms. The Balaban J connectivity index is 1.79. The highest BCUT2D eigenvalue weighted by molar-refractivity contribution is 7.89. The summed E-state index contributed by atoms with van der Waals surface area (Å²) in [7, 11) is -3.86. The van der Waals surface area contributed by atoms with Crippen LogP contribution in [0.25, 0.3) is 0 Å². The second-order valence-corrected chi connectivity index (χ2v) is 8.62. The minimum absolute atomic E-state index is 0.0614. The summed E-state index contributed by atoms with van der Waals surface area (Å²) in [5.41, 5.74) is 1.09. The van der Waals surface area contributed by atoms with E-state index in [0.29, 0.717) is 6.42 Å². The summed E-state index contributed by atoms with van der Waals surface area (Å²) in [5.74, 6) is -0.394. The van der Waals surface area contributed by atoms with Gasteiger partial charge in [-0.15, -0.1) is 13.2 Å². The van der Waals surface area contributed by atoms with E-state index in [0.717, 1.165) is 55.5 Å². The molecule has 0 aliphatic heterocycles. The Morgan fingerprint density at radius 3 is 2.18 bits per heavy atom. The topological polar surface area (TPSA) is 55.4 Å². The van der Waals surface area contributed by atoms with Crippen molar-refractivity contribution in [1.82, 2.24) is 4.72 Å². The van der Waals surface area contributed by atoms with Crippen LogP contribution in [0, 0.1) is 0 Å². The Kier molecular flexibility index (Phi) is 6.30. The third-order valence-corrected chi connectivity index (χ3v) is 6.42. The fourth-order valence-electron chi connectivity index (χ4n) is 3.64. The highest BCUT2D eigenvalue weighted by Crippen LogP contribution is 2.33. The van der Waals surface area contributed by atoms with E-state index in [1.165, 1.54) is 0 Å². The van der Waals surface area contributed by atoms with Gasteiger partial charge in [0.1, 0.15) is 5.75 Å². The molecule has 1 aliphatic rings. The summed E-state index contributed by atoms with van der Waals surface area (Å²) in [5, 5.41) is 0. The van der Waals surface area contributed by atoms with Crippen LogP contribution in [0.4, 0.5) is 13.2 Å². The van der Waals surface area contributed by atoms with Gasteiger partial charge >= 0.3 is 6.36 Å². The van der Waals surface area contributed by atoms with Crippen LogP contribution in [-0.4, -0.2) is 20.8 Å². The number of hydrogen-bond acceptors (Lipinski definition) is 3. The van der Waals surface area contributed by atoms with Gasteiger partial charge in [0.15, 0.2) is 0 Å². The lowest BCUT2D eigenvalue weighted by molar-refractivity contribution is -0.274. The summed E-state index contributed by atoms with van der Waals surface area (Å²) in [6, 6.07) is 13.8. The highest BCUT2D eigenvalue weighted by Gasteiger charge is 2.32. The Bertz CT molecular complexity index is 868. The lowest BCUT2D eigenvalue weighted by atomic mass is 9.88. The third-order valence-electron chi connectivity index (χ3n) is 4.92. The molecule has 0 aromatic heterocycles. The molecule has 2 aromatic carbocycles. The van der Waals surface area contributed by atoms with Gasteiger partial charge in [0.25, 0.3) is 0 Å². The van der Waals surface area contributed by atoms with Crippen molar-refractivity contribution in [2.24, 2.45) is 0 Å². The zero-order chi connectivity index (χ0) is 20.2. The summed E-state index contributed by atoms with van der Waals surface area (Å²) in [4.78, 5) is -0.0851. The summed E-state index contributed by atoms with van der Waals surface area (Å²) in [6.45, 7) is 0. The van der Waals surface area contributed by atoms with E-state index in [4.69, 9.17) is 0 Å². The Labute approximate surface area is 162 Å². The molecule has 28 heavy (non-hydrogen) atoms. The van der Waals surface area contributed by atoms with E-state index in [-0.39, 0.29) is 16.9 Å². The molecule has 0 bridgehead atoms. The van der Waals surface area contributed by atoms with Crippen LogP contribution in [0.2, 0.25) is 0 Å². The molecular formula is C20H22F3NO3S. The van der Waals surface area contributed by atoms with E-state index in [2.05, 4.69) is 9.46 Å². The van der Waals surface area contributed by atoms with Crippen LogP contribution in [0.3, 0.4) is 0 Å². The van der Waals surface area contributed by atoms with Gasteiger partial charge in [0, 0.05) is 12.0 Å². The molecule has 2 atom stereocenters. The molecule has 3 rings (SSSR count). The highest BCUT2D eigenvalue weighted by atomic mass is 32.2. The normalized spacial score (nSPS) is 21.1. The second kappa shape index (κ2) is 8.53. The first-order chi connectivity index (χ1) is 13.2. The Morgan fingerprint density at radius 2 is 1.54 bits per heavy atom. The van der Waals surface area contributed by atoms with Gasteiger partial charge in [-0.05, 0) is 42.7 Å². The van der Waals surface area contributed by atoms with Crippen molar-refractivity contribution in [1.29, 1.82) is 0 Å². The lowest BCUT2D eigenvalue weighted by Crippen LogP contribution is -2.38. The number of alkyl halides is 3. The maximum atomic E-state index is 12.8. The number of halogens is 3. The molecule has 152 valence electrons. The molecule has 1 aliphatic carbocycles. The summed E-state index contributed by atoms with van der Waals surface area (Å²) < 4.78 is 69.0. The minimum Gasteiger partial charge on any atom is -0.406 e. The fourth-order valence-corrected chi connectivity index (χ4v) is 4.95. The average molecular weight is 413 g/mol. The van der Waals surface area contributed by atoms with Gasteiger partial charge in [-0.25, -0.2) is 13.1 Å². The molecular weight excluding hydrogens is 391 g/mol. The number of benzene rings is 2. The lowest BCUT2D eigenvalue weighted by Gasteiger charge is -2.26. The average Bonchev–Trinajstić information content (AvgIpc) is 2.86. The quantitative estimate of drug-likeness (QED) is 0.704. The largest absolute Gasteiger partial charge is 0.573 e. The van der Waals surface area contributed by atoms with Crippen molar-refractivity contribution in [3.05, 3.63) is 60.2 Å². The molecule has 0 unspecified atom stereocenters. The van der Waals surface area contributed by atoms with Crippen LogP contribution in [0.5, 0.6) is 5.75 Å². The standard InChI is InChI=1S/C20H22F3NO3S/c21-20(22,23)27-16-11-13-17(14-12-16)28(25,26)24-19-10-6-2-5-9-18(19)15-7-3-1-4-8-15/h1,3-4,7-8,11-14,18-19,24H,2,5-6,9-10H2/t18-,19+/m1/s1. The molecule has 2 aromatic rings. The van der Waals surface area contributed by atoms with Gasteiger partial charge in [0.05, 0.1) is 4.90 Å². The summed E-state index contributed by atoms with van der Waals surface area (Å²) in [6.07, 6.45) is -0.216. The Morgan fingerprint density at radius 1 is 0.893 bits per heavy atom. The van der Waals surface area contributed by atoms with Crippen LogP contribution in [-0.2, 0) is 10.0 Å². The fraction of sp³-hybridized carbons (Fsp3) is 0.400. The monoisotopic (exact) mass is 413 g/mol. The molecule has 1 N–H and O–H groups in total. The predicted molar refractivity (Wildman–Crippen MR) is 99.5 cm³/mol. The number of ether oxygens (including phenoxy) is 1. The first-order valence-electron chi connectivity index (χ1n) is 9.18. The smallest absolute Gasteiger partial charge is 0.406 e. The number of rotatable bonds is 5. The number of hydrogen-bond donors (Lipinski definition) is 1. The predicted octanol–water partition coefficient (Wildman–Crippen LogP) is 4.98. The summed E-state index contributed by atoms with van der Waals surface area (Å²) >= 11 is 0. The van der Waals surface area contributed by atoms with Crippen molar-refractivity contribution < 1.29 is 26.3 Å². The minimum atomic E-state index is -4.82. The first kappa shape index (κ1) is 20.7. The maximum absolute atomic E-state index is 12.8. The van der Waals surface area contributed by atoms with E-state index in [1.807, 2.05) is 30.3 Å². The van der Waals surface area contributed by atoms with Crippen LogP contribution >= 0.6 is 0 Å². The van der Waals surface area contributed by atoms with Crippen molar-refractivity contribution in [2.45, 2.75) is 55.3 Å². The van der Waals surface area contributed by atoms with E-state index in [9.17, 15) is 21.6 Å². The van der Waals surface area contributed by atoms with E-state index in [1.54, 1.807) is 0 Å². The van der Waals surface area contributed by atoms with Crippen molar-refractivity contribution in [3.8, 4) is 5.75 Å². The molecule has 0 spiro atoms. The van der Waals surface area contributed by atoms with Crippen molar-refractivity contribution >= 4 is 10.0 Å². The van der Waals surface area contributed by atoms with Gasteiger partial charge in [0.2, 0.25) is 10.0 Å². The number of sulfonamides is 1. The van der Waals surface area contributed by atoms with Gasteiger partial charge in [-0.1, -0.05) is 49.6 Å². The van der Waals surface area contributed by atoms with Crippen molar-refractivity contribution in [3.63, 3.8) is 0 Å². The second-order valence-electron chi connectivity index (χ2n) is 6.90.